The predicted octanol–water partition coefficient (Wildman–Crippen LogP) is 2.87. The Bertz CT molecular complexity index is 170. The molecule has 0 aliphatic heterocycles. The molecule has 1 radical (unpaired) electrons. The topological polar surface area (TPSA) is 0 Å². The summed E-state index contributed by atoms with van der Waals surface area (Å²) >= 11 is 0. The van der Waals surface area contributed by atoms with Crippen LogP contribution in [0.3, 0.4) is 0 Å². The van der Waals surface area contributed by atoms with Gasteiger partial charge in [-0.1, -0.05) is 12.5 Å². The van der Waals surface area contributed by atoms with Crippen molar-refractivity contribution in [3.63, 3.8) is 0 Å². The highest BCUT2D eigenvalue weighted by Gasteiger charge is 2.07. The zero-order valence-corrected chi connectivity index (χ0v) is 6.41. The second kappa shape index (κ2) is 2.38. The molecule has 0 heteroatoms. The van der Waals surface area contributed by atoms with E-state index in [0.29, 0.717) is 0 Å². The molecule has 0 fully saturated rings. The van der Waals surface area contributed by atoms with Crippen molar-refractivity contribution >= 4 is 0 Å². The smallest absolute Gasteiger partial charge is 0.00557 e. The molecule has 0 aromatic heterocycles. The first kappa shape index (κ1) is 6.60. The van der Waals surface area contributed by atoms with Crippen molar-refractivity contribution in [3.05, 3.63) is 22.8 Å². The van der Waals surface area contributed by atoms with E-state index in [1.54, 1.807) is 5.57 Å². The number of rotatable bonds is 1. The van der Waals surface area contributed by atoms with Gasteiger partial charge in [-0.25, -0.2) is 0 Å². The molecule has 0 bridgehead atoms. The van der Waals surface area contributed by atoms with E-state index in [-0.39, 0.29) is 0 Å². The Hall–Kier alpha value is -0.520. The van der Waals surface area contributed by atoms with Crippen molar-refractivity contribution in [2.45, 2.75) is 33.6 Å². The van der Waals surface area contributed by atoms with Gasteiger partial charge < -0.3 is 0 Å². The van der Waals surface area contributed by atoms with Crippen LogP contribution in [0, 0.1) is 6.08 Å². The van der Waals surface area contributed by atoms with Crippen molar-refractivity contribution in [3.8, 4) is 0 Å². The molecular formula is C9H13. The SMILES string of the molecule is CCC1=C(C)C(C)=[C]C1. The lowest BCUT2D eigenvalue weighted by Gasteiger charge is -1.98. The number of hydrogen-bond acceptors (Lipinski definition) is 0. The summed E-state index contributed by atoms with van der Waals surface area (Å²) in [6.45, 7) is 6.53. The lowest BCUT2D eigenvalue weighted by molar-refractivity contribution is 1.02. The first-order valence-corrected chi connectivity index (χ1v) is 3.52. The van der Waals surface area contributed by atoms with Crippen LogP contribution in [0.15, 0.2) is 16.7 Å². The summed E-state index contributed by atoms with van der Waals surface area (Å²) in [5.74, 6) is 0. The Morgan fingerprint density at radius 3 is 2.33 bits per heavy atom. The summed E-state index contributed by atoms with van der Waals surface area (Å²) in [7, 11) is 0. The molecular weight excluding hydrogens is 108 g/mol. The predicted molar refractivity (Wildman–Crippen MR) is 40.0 cm³/mol. The van der Waals surface area contributed by atoms with Gasteiger partial charge in [0, 0.05) is 0 Å². The Balaban J connectivity index is 2.79. The molecule has 0 amide bonds. The molecule has 0 atom stereocenters. The average Bonchev–Trinajstić information content (AvgIpc) is 2.15. The van der Waals surface area contributed by atoms with Crippen LogP contribution in [0.5, 0.6) is 0 Å². The highest BCUT2D eigenvalue weighted by Crippen LogP contribution is 2.26. The molecule has 0 heterocycles. The summed E-state index contributed by atoms with van der Waals surface area (Å²) in [4.78, 5) is 0. The highest BCUT2D eigenvalue weighted by molar-refractivity contribution is 5.36. The summed E-state index contributed by atoms with van der Waals surface area (Å²) in [5.41, 5.74) is 4.39. The van der Waals surface area contributed by atoms with Crippen molar-refractivity contribution in [1.29, 1.82) is 0 Å². The van der Waals surface area contributed by atoms with E-state index in [0.717, 1.165) is 6.42 Å². The first-order chi connectivity index (χ1) is 4.25. The number of allylic oxidation sites excluding steroid dienone is 4. The molecule has 0 spiro atoms. The quantitative estimate of drug-likeness (QED) is 0.500. The van der Waals surface area contributed by atoms with Gasteiger partial charge in [-0.05, 0) is 43.9 Å². The molecule has 9 heavy (non-hydrogen) atoms. The third-order valence-electron chi connectivity index (χ3n) is 2.09. The van der Waals surface area contributed by atoms with Gasteiger partial charge in [0.1, 0.15) is 0 Å². The summed E-state index contributed by atoms with van der Waals surface area (Å²) in [5, 5.41) is 0. The van der Waals surface area contributed by atoms with Gasteiger partial charge in [0.2, 0.25) is 0 Å². The van der Waals surface area contributed by atoms with Gasteiger partial charge in [-0.3, -0.25) is 0 Å². The molecule has 0 nitrogen and oxygen atoms in total. The fraction of sp³-hybridized carbons (Fsp3) is 0.556. The molecule has 0 saturated heterocycles. The summed E-state index contributed by atoms with van der Waals surface area (Å²) < 4.78 is 0. The third-order valence-corrected chi connectivity index (χ3v) is 2.09. The van der Waals surface area contributed by atoms with Crippen molar-refractivity contribution in [2.75, 3.05) is 0 Å². The van der Waals surface area contributed by atoms with Crippen LogP contribution >= 0.6 is 0 Å². The molecule has 0 aromatic carbocycles. The molecule has 0 unspecified atom stereocenters. The van der Waals surface area contributed by atoms with Crippen molar-refractivity contribution in [2.24, 2.45) is 0 Å². The summed E-state index contributed by atoms with van der Waals surface area (Å²) in [6.07, 6.45) is 5.58. The Morgan fingerprint density at radius 2 is 2.11 bits per heavy atom. The van der Waals surface area contributed by atoms with Crippen LogP contribution in [0.25, 0.3) is 0 Å². The Morgan fingerprint density at radius 1 is 1.44 bits per heavy atom. The van der Waals surface area contributed by atoms with Gasteiger partial charge in [-0.15, -0.1) is 0 Å². The zero-order valence-electron chi connectivity index (χ0n) is 6.41. The van der Waals surface area contributed by atoms with Crippen LogP contribution in [0.4, 0.5) is 0 Å². The fourth-order valence-corrected chi connectivity index (χ4v) is 1.16. The van der Waals surface area contributed by atoms with Crippen molar-refractivity contribution < 1.29 is 0 Å². The molecule has 0 saturated carbocycles. The monoisotopic (exact) mass is 121 g/mol. The maximum Gasteiger partial charge on any atom is -0.00557 e. The largest absolute Gasteiger partial charge is 0.0629 e. The minimum Gasteiger partial charge on any atom is -0.0629 e. The van der Waals surface area contributed by atoms with E-state index >= 15 is 0 Å². The zero-order chi connectivity index (χ0) is 6.85. The molecule has 49 valence electrons. The van der Waals surface area contributed by atoms with Gasteiger partial charge in [0.15, 0.2) is 0 Å². The molecule has 0 N–H and O–H groups in total. The van der Waals surface area contributed by atoms with E-state index in [4.69, 9.17) is 0 Å². The Labute approximate surface area is 57.3 Å². The second-order valence-electron chi connectivity index (χ2n) is 2.56. The summed E-state index contributed by atoms with van der Waals surface area (Å²) in [6, 6.07) is 0. The maximum absolute atomic E-state index is 3.31. The van der Waals surface area contributed by atoms with Crippen molar-refractivity contribution in [1.82, 2.24) is 0 Å². The third kappa shape index (κ3) is 1.07. The Kier molecular flexibility index (Phi) is 1.75. The van der Waals surface area contributed by atoms with Crippen LogP contribution in [-0.4, -0.2) is 0 Å². The number of hydrogen-bond donors (Lipinski definition) is 0. The molecule has 0 aromatic rings. The van der Waals surface area contributed by atoms with E-state index < -0.39 is 0 Å². The minimum atomic E-state index is 1.08. The van der Waals surface area contributed by atoms with Crippen LogP contribution in [0.2, 0.25) is 0 Å². The van der Waals surface area contributed by atoms with Gasteiger partial charge in [0.25, 0.3) is 0 Å². The van der Waals surface area contributed by atoms with Crippen LogP contribution in [0.1, 0.15) is 33.6 Å². The lowest BCUT2D eigenvalue weighted by Crippen LogP contribution is -1.78. The maximum atomic E-state index is 3.31. The van der Waals surface area contributed by atoms with Gasteiger partial charge in [-0.2, -0.15) is 0 Å². The minimum absolute atomic E-state index is 1.08. The molecule has 1 rings (SSSR count). The normalized spacial score (nSPS) is 18.8. The van der Waals surface area contributed by atoms with E-state index in [1.165, 1.54) is 17.6 Å². The van der Waals surface area contributed by atoms with Gasteiger partial charge >= 0.3 is 0 Å². The van der Waals surface area contributed by atoms with E-state index in [1.807, 2.05) is 0 Å². The average molecular weight is 121 g/mol. The highest BCUT2D eigenvalue weighted by atomic mass is 14.1. The lowest BCUT2D eigenvalue weighted by atomic mass is 10.1. The van der Waals surface area contributed by atoms with Crippen LogP contribution < -0.4 is 0 Å². The fourth-order valence-electron chi connectivity index (χ4n) is 1.16. The molecule has 1 aliphatic rings. The van der Waals surface area contributed by atoms with E-state index in [2.05, 4.69) is 26.8 Å². The molecule has 1 aliphatic carbocycles. The van der Waals surface area contributed by atoms with E-state index in [9.17, 15) is 0 Å². The van der Waals surface area contributed by atoms with Crippen LogP contribution in [-0.2, 0) is 0 Å². The second-order valence-corrected chi connectivity index (χ2v) is 2.56. The standard InChI is InChI=1S/C9H13/c1-4-9-6-5-7(2)8(9)3/h4,6H2,1-3H3. The van der Waals surface area contributed by atoms with Gasteiger partial charge in [0.05, 0.1) is 0 Å². The first-order valence-electron chi connectivity index (χ1n) is 3.52.